The second-order valence-corrected chi connectivity index (χ2v) is 13.4. The number of Topliss-reactive ketones (excluding diaryl/α,β-unsaturated/α-hetero) is 1. The van der Waals surface area contributed by atoms with Gasteiger partial charge in [0.25, 0.3) is 11.7 Å². The minimum atomic E-state index is -2.09. The van der Waals surface area contributed by atoms with Crippen molar-refractivity contribution < 1.29 is 63.7 Å². The molecular formula is C38H45NO13. The summed E-state index contributed by atoms with van der Waals surface area (Å²) in [4.78, 5) is 51.8. The van der Waals surface area contributed by atoms with Crippen LogP contribution >= 0.6 is 0 Å². The summed E-state index contributed by atoms with van der Waals surface area (Å²) in [7, 11) is 1.40. The number of hydrogen-bond acceptors (Lipinski definition) is 13. The van der Waals surface area contributed by atoms with Crippen molar-refractivity contribution >= 4 is 40.4 Å². The van der Waals surface area contributed by atoms with E-state index in [2.05, 4.69) is 11.9 Å². The van der Waals surface area contributed by atoms with E-state index in [0.717, 1.165) is 6.26 Å². The molecule has 5 rings (SSSR count). The molecule has 6 N–H and O–H groups in total. The fourth-order valence-corrected chi connectivity index (χ4v) is 6.63. The Kier molecular flexibility index (Phi) is 11.6. The van der Waals surface area contributed by atoms with Crippen LogP contribution in [0.15, 0.2) is 48.3 Å². The maximum atomic E-state index is 14.0. The third kappa shape index (κ3) is 7.01. The molecule has 0 aromatic heterocycles. The highest BCUT2D eigenvalue weighted by atomic mass is 16.7. The summed E-state index contributed by atoms with van der Waals surface area (Å²) in [5.41, 5.74) is -1.17. The first-order valence-corrected chi connectivity index (χ1v) is 16.5. The molecule has 8 atom stereocenters. The summed E-state index contributed by atoms with van der Waals surface area (Å²) in [6.07, 6.45) is 2.71. The first kappa shape index (κ1) is 39.6. The number of esters is 1. The number of nitrogens with one attached hydrogen (secondary N) is 1. The highest BCUT2D eigenvalue weighted by Crippen LogP contribution is 2.55. The number of rotatable bonds is 3. The standard InChI is InChI=1S/C38H45NO13/c1-16-11-10-12-17(2)37(48)39-28-23(15-40)32(45)25-26(33(28)46)31(44)21(6)35-27(25)36(47)38(8,52-35)50-14-13-24(49-9)18(3)34(51-22(7)41)20(5)30(43)19(4)29(16)42/h10-15,18-20,24,29-30,34,42-46H,1H2,2-9H3,(H,39,48)/t18-,19-,20+,24-,29-,30+,34-,38+/m0/s1. The molecule has 3 heterocycles. The fraction of sp³-hybridized carbons (Fsp3) is 0.421. The number of carbonyl (C=O) groups is 4. The number of aliphatic hydroxyl groups is 2. The summed E-state index contributed by atoms with van der Waals surface area (Å²) in [6.45, 7) is 14.2. The zero-order valence-corrected chi connectivity index (χ0v) is 30.2. The Morgan fingerprint density at radius 1 is 1.02 bits per heavy atom. The van der Waals surface area contributed by atoms with Gasteiger partial charge in [-0.15, -0.1) is 0 Å². The van der Waals surface area contributed by atoms with E-state index in [9.17, 15) is 44.7 Å². The third-order valence-electron chi connectivity index (χ3n) is 9.85. The van der Waals surface area contributed by atoms with Crippen molar-refractivity contribution in [3.05, 3.63) is 65.0 Å². The van der Waals surface area contributed by atoms with Gasteiger partial charge in [0, 0.05) is 55.2 Å². The summed E-state index contributed by atoms with van der Waals surface area (Å²) < 4.78 is 23.1. The van der Waals surface area contributed by atoms with Gasteiger partial charge in [-0.25, -0.2) is 0 Å². The second kappa shape index (κ2) is 15.2. The lowest BCUT2D eigenvalue weighted by atomic mass is 9.79. The van der Waals surface area contributed by atoms with E-state index >= 15 is 0 Å². The lowest BCUT2D eigenvalue weighted by Gasteiger charge is -2.37. The molecule has 0 saturated heterocycles. The van der Waals surface area contributed by atoms with Gasteiger partial charge in [-0.1, -0.05) is 45.6 Å². The van der Waals surface area contributed by atoms with Gasteiger partial charge in [0.15, 0.2) is 12.0 Å². The van der Waals surface area contributed by atoms with Crippen molar-refractivity contribution in [2.45, 2.75) is 78.7 Å². The van der Waals surface area contributed by atoms with Gasteiger partial charge in [-0.05, 0) is 25.5 Å². The fourth-order valence-electron chi connectivity index (χ4n) is 6.63. The number of carbonyl (C=O) groups excluding carboxylic acids is 4. The van der Waals surface area contributed by atoms with Crippen LogP contribution in [-0.4, -0.2) is 86.8 Å². The van der Waals surface area contributed by atoms with Crippen LogP contribution in [0.3, 0.4) is 0 Å². The Morgan fingerprint density at radius 3 is 2.27 bits per heavy atom. The quantitative estimate of drug-likeness (QED) is 0.112. The number of aromatic hydroxyl groups is 3. The number of phenolic OH excluding ortho intramolecular Hbond substituents is 3. The molecule has 2 aromatic carbocycles. The minimum absolute atomic E-state index is 0.0125. The molecule has 0 spiro atoms. The molecule has 1 amide bonds. The van der Waals surface area contributed by atoms with E-state index in [4.69, 9.17) is 18.9 Å². The SMILES string of the molecule is C=C1C=CC=C(C)C(=O)Nc2c(C=O)c(O)c3c4c(c(C)c(O)c3c2O)O[C@@](C)(OC=C[C@H](OC)[C@H](C)[C@H](OC(C)=O)[C@H](C)[C@H](O)[C@@H](C)[C@H]1O)C4=O. The molecule has 280 valence electrons. The van der Waals surface area contributed by atoms with Crippen molar-refractivity contribution in [1.29, 1.82) is 0 Å². The molecule has 14 heteroatoms. The number of ketones is 1. The summed E-state index contributed by atoms with van der Waals surface area (Å²) >= 11 is 0. The van der Waals surface area contributed by atoms with Gasteiger partial charge in [-0.3, -0.25) is 19.2 Å². The number of benzene rings is 2. The highest BCUT2D eigenvalue weighted by molar-refractivity contribution is 6.23. The molecule has 0 unspecified atom stereocenters. The molecule has 3 aliphatic heterocycles. The van der Waals surface area contributed by atoms with E-state index < -0.39 is 105 Å². The van der Waals surface area contributed by atoms with E-state index in [-0.39, 0.29) is 34.3 Å². The van der Waals surface area contributed by atoms with Gasteiger partial charge < -0.3 is 49.8 Å². The summed E-state index contributed by atoms with van der Waals surface area (Å²) in [6, 6.07) is 0. The van der Waals surface area contributed by atoms with Crippen LogP contribution in [0.25, 0.3) is 10.8 Å². The number of hydrogen-bond donors (Lipinski definition) is 6. The Hall–Kier alpha value is -5.18. The monoisotopic (exact) mass is 723 g/mol. The number of anilines is 1. The van der Waals surface area contributed by atoms with Gasteiger partial charge in [0.05, 0.1) is 46.8 Å². The average Bonchev–Trinajstić information content (AvgIpc) is 3.36. The van der Waals surface area contributed by atoms with Crippen LogP contribution in [0, 0.1) is 24.7 Å². The largest absolute Gasteiger partial charge is 0.507 e. The zero-order chi connectivity index (χ0) is 39.0. The lowest BCUT2D eigenvalue weighted by Crippen LogP contribution is -2.46. The second-order valence-electron chi connectivity index (χ2n) is 13.4. The Balaban J connectivity index is 1.93. The molecule has 0 saturated carbocycles. The van der Waals surface area contributed by atoms with Crippen LogP contribution in [0.4, 0.5) is 5.69 Å². The molecule has 0 radical (unpaired) electrons. The molecule has 5 bridgehead atoms. The molecule has 52 heavy (non-hydrogen) atoms. The molecule has 0 fully saturated rings. The first-order chi connectivity index (χ1) is 24.3. The minimum Gasteiger partial charge on any atom is -0.507 e. The molecule has 14 nitrogen and oxygen atoms in total. The van der Waals surface area contributed by atoms with Crippen molar-refractivity contribution in [2.75, 3.05) is 12.4 Å². The van der Waals surface area contributed by atoms with Crippen LogP contribution in [0.5, 0.6) is 23.0 Å². The number of methoxy groups -OCH3 is 1. The third-order valence-corrected chi connectivity index (χ3v) is 9.85. The smallest absolute Gasteiger partial charge is 0.312 e. The van der Waals surface area contributed by atoms with Crippen molar-refractivity contribution in [1.82, 2.24) is 0 Å². The van der Waals surface area contributed by atoms with Gasteiger partial charge in [0.1, 0.15) is 23.4 Å². The number of aliphatic hydroxyl groups excluding tert-OH is 2. The lowest BCUT2D eigenvalue weighted by molar-refractivity contribution is -0.160. The van der Waals surface area contributed by atoms with E-state index in [1.54, 1.807) is 20.8 Å². The highest BCUT2D eigenvalue weighted by Gasteiger charge is 2.50. The van der Waals surface area contributed by atoms with Crippen molar-refractivity contribution in [3.8, 4) is 23.0 Å². The van der Waals surface area contributed by atoms with Gasteiger partial charge in [-0.2, -0.15) is 0 Å². The van der Waals surface area contributed by atoms with Crippen molar-refractivity contribution in [2.24, 2.45) is 17.8 Å². The predicted molar refractivity (Wildman–Crippen MR) is 189 cm³/mol. The van der Waals surface area contributed by atoms with Crippen molar-refractivity contribution in [3.63, 3.8) is 0 Å². The topological polar surface area (TPSA) is 218 Å². The number of phenols is 3. The zero-order valence-electron chi connectivity index (χ0n) is 30.2. The number of aldehydes is 1. The van der Waals surface area contributed by atoms with E-state index in [0.29, 0.717) is 0 Å². The van der Waals surface area contributed by atoms with Gasteiger partial charge in [0.2, 0.25) is 0 Å². The Labute approximate surface area is 300 Å². The van der Waals surface area contributed by atoms with Crippen LogP contribution in [0.2, 0.25) is 0 Å². The molecule has 2 aromatic rings. The normalized spacial score (nSPS) is 28.7. The Bertz CT molecular complexity index is 1910. The Morgan fingerprint density at radius 2 is 1.67 bits per heavy atom. The molecule has 0 aliphatic carbocycles. The summed E-state index contributed by atoms with van der Waals surface area (Å²) in [5.74, 6) is -8.94. The van der Waals surface area contributed by atoms with Crippen LogP contribution < -0.4 is 10.1 Å². The average molecular weight is 724 g/mol. The van der Waals surface area contributed by atoms with E-state index in [1.807, 2.05) is 0 Å². The van der Waals surface area contributed by atoms with Crippen LogP contribution in [-0.2, 0) is 23.8 Å². The van der Waals surface area contributed by atoms with E-state index in [1.165, 1.54) is 59.1 Å². The number of allylic oxidation sites excluding steroid dienone is 2. The maximum absolute atomic E-state index is 14.0. The number of ether oxygens (including phenoxy) is 4. The predicted octanol–water partition coefficient (Wildman–Crippen LogP) is 4.49. The number of fused-ring (bicyclic) bond motifs is 14. The van der Waals surface area contributed by atoms with Crippen LogP contribution in [0.1, 0.15) is 67.8 Å². The van der Waals surface area contributed by atoms with Gasteiger partial charge >= 0.3 is 11.8 Å². The molecule has 3 aliphatic rings. The number of amides is 1. The molecular weight excluding hydrogens is 678 g/mol. The summed E-state index contributed by atoms with van der Waals surface area (Å²) in [5, 5.41) is 58.0. The first-order valence-electron chi connectivity index (χ1n) is 16.5. The maximum Gasteiger partial charge on any atom is 0.312 e.